The highest BCUT2D eigenvalue weighted by atomic mass is 35.5. The molecule has 2 rings (SSSR count). The molecule has 0 heterocycles. The Bertz CT molecular complexity index is 858. The second-order valence-electron chi connectivity index (χ2n) is 4.90. The van der Waals surface area contributed by atoms with Gasteiger partial charge in [-0.05, 0) is 24.3 Å². The minimum atomic E-state index is -4.71. The van der Waals surface area contributed by atoms with Crippen molar-refractivity contribution in [2.24, 2.45) is 0 Å². The van der Waals surface area contributed by atoms with Gasteiger partial charge in [0.1, 0.15) is 5.82 Å². The molecule has 0 aliphatic rings. The minimum absolute atomic E-state index is 0.205. The molecule has 0 spiro atoms. The number of carbonyl (C=O) groups excluding carboxylic acids is 1. The number of nitro groups is 1. The summed E-state index contributed by atoms with van der Waals surface area (Å²) in [5.74, 6) is -2.21. The van der Waals surface area contributed by atoms with Crippen molar-refractivity contribution in [3.63, 3.8) is 0 Å². The van der Waals surface area contributed by atoms with Gasteiger partial charge < -0.3 is 10.1 Å². The van der Waals surface area contributed by atoms with E-state index in [1.807, 2.05) is 0 Å². The monoisotopic (exact) mass is 392 g/mol. The van der Waals surface area contributed by atoms with Gasteiger partial charge in [0.25, 0.3) is 5.91 Å². The number of hydrogen-bond acceptors (Lipinski definition) is 4. The molecule has 0 fully saturated rings. The normalized spacial score (nSPS) is 11.1. The molecule has 0 aliphatic heterocycles. The number of alkyl halides is 3. The Morgan fingerprint density at radius 2 is 1.92 bits per heavy atom. The number of benzene rings is 2. The Morgan fingerprint density at radius 3 is 2.54 bits per heavy atom. The molecule has 26 heavy (non-hydrogen) atoms. The summed E-state index contributed by atoms with van der Waals surface area (Å²) in [5.41, 5.74) is -1.91. The van der Waals surface area contributed by atoms with Crippen LogP contribution in [0.15, 0.2) is 36.4 Å². The van der Waals surface area contributed by atoms with Crippen LogP contribution in [0.3, 0.4) is 0 Å². The van der Waals surface area contributed by atoms with Crippen molar-refractivity contribution in [3.05, 3.63) is 62.9 Å². The van der Waals surface area contributed by atoms with E-state index in [1.165, 1.54) is 0 Å². The second kappa shape index (κ2) is 7.56. The van der Waals surface area contributed by atoms with Crippen molar-refractivity contribution in [3.8, 4) is 5.75 Å². The molecule has 0 unspecified atom stereocenters. The first kappa shape index (κ1) is 19.4. The summed E-state index contributed by atoms with van der Waals surface area (Å²) >= 11 is 5.46. The summed E-state index contributed by atoms with van der Waals surface area (Å²) in [7, 11) is 0. The van der Waals surface area contributed by atoms with Gasteiger partial charge in [-0.1, -0.05) is 11.6 Å². The Hall–Kier alpha value is -2.88. The van der Waals surface area contributed by atoms with E-state index in [0.29, 0.717) is 6.07 Å². The van der Waals surface area contributed by atoms with Gasteiger partial charge in [0.2, 0.25) is 5.75 Å². The molecule has 0 bridgehead atoms. The van der Waals surface area contributed by atoms with Crippen LogP contribution in [0.5, 0.6) is 5.75 Å². The number of halogens is 5. The van der Waals surface area contributed by atoms with Gasteiger partial charge in [0.05, 0.1) is 15.5 Å². The predicted molar refractivity (Wildman–Crippen MR) is 83.6 cm³/mol. The lowest BCUT2D eigenvalue weighted by Crippen LogP contribution is -2.21. The zero-order chi connectivity index (χ0) is 19.5. The lowest BCUT2D eigenvalue weighted by atomic mass is 10.2. The van der Waals surface area contributed by atoms with E-state index in [2.05, 4.69) is 5.32 Å². The van der Waals surface area contributed by atoms with Gasteiger partial charge in [-0.15, -0.1) is 0 Å². The predicted octanol–water partition coefficient (Wildman–Crippen LogP) is 4.42. The fraction of sp³-hybridized carbons (Fsp3) is 0.133. The highest BCUT2D eigenvalue weighted by molar-refractivity contribution is 6.31. The van der Waals surface area contributed by atoms with Crippen LogP contribution in [0.1, 0.15) is 5.56 Å². The lowest BCUT2D eigenvalue weighted by molar-refractivity contribution is -0.385. The van der Waals surface area contributed by atoms with Crippen LogP contribution in [-0.2, 0) is 11.0 Å². The summed E-state index contributed by atoms with van der Waals surface area (Å²) in [6.07, 6.45) is -4.71. The van der Waals surface area contributed by atoms with E-state index in [1.54, 1.807) is 0 Å². The number of carbonyl (C=O) groups is 1. The van der Waals surface area contributed by atoms with Crippen molar-refractivity contribution in [2.45, 2.75) is 6.18 Å². The first-order valence-corrected chi connectivity index (χ1v) is 7.19. The zero-order valence-electron chi connectivity index (χ0n) is 12.6. The van der Waals surface area contributed by atoms with E-state index in [9.17, 15) is 32.5 Å². The maximum Gasteiger partial charge on any atom is 0.417 e. The average molecular weight is 393 g/mol. The summed E-state index contributed by atoms with van der Waals surface area (Å²) in [5, 5.41) is 12.4. The maximum atomic E-state index is 13.2. The Kier molecular flexibility index (Phi) is 5.66. The number of nitrogens with one attached hydrogen (secondary N) is 1. The van der Waals surface area contributed by atoms with Crippen LogP contribution in [0, 0.1) is 15.9 Å². The van der Waals surface area contributed by atoms with Gasteiger partial charge in [0, 0.05) is 17.8 Å². The van der Waals surface area contributed by atoms with E-state index in [4.69, 9.17) is 16.3 Å². The smallest absolute Gasteiger partial charge is 0.417 e. The highest BCUT2D eigenvalue weighted by Gasteiger charge is 2.33. The Morgan fingerprint density at radius 1 is 1.23 bits per heavy atom. The van der Waals surface area contributed by atoms with Crippen LogP contribution in [0.25, 0.3) is 0 Å². The van der Waals surface area contributed by atoms with E-state index in [-0.39, 0.29) is 5.69 Å². The van der Waals surface area contributed by atoms with Crippen molar-refractivity contribution in [2.75, 3.05) is 11.9 Å². The summed E-state index contributed by atoms with van der Waals surface area (Å²) in [6, 6.07) is 5.15. The Balaban J connectivity index is 2.09. The molecule has 0 aliphatic carbocycles. The zero-order valence-corrected chi connectivity index (χ0v) is 13.4. The SMILES string of the molecule is O=C(COc1cc(F)ccc1[N+](=O)[O-])Nc1ccc(Cl)c(C(F)(F)F)c1. The largest absolute Gasteiger partial charge is 0.477 e. The summed E-state index contributed by atoms with van der Waals surface area (Å²) < 4.78 is 56.4. The van der Waals surface area contributed by atoms with Crippen LogP contribution in [0.2, 0.25) is 5.02 Å². The van der Waals surface area contributed by atoms with Crippen molar-refractivity contribution >= 4 is 28.9 Å². The van der Waals surface area contributed by atoms with Gasteiger partial charge in [-0.3, -0.25) is 14.9 Å². The van der Waals surface area contributed by atoms with Crippen LogP contribution < -0.4 is 10.1 Å². The molecule has 0 atom stereocenters. The number of ether oxygens (including phenoxy) is 1. The molecule has 1 amide bonds. The van der Waals surface area contributed by atoms with Crippen LogP contribution in [-0.4, -0.2) is 17.4 Å². The summed E-state index contributed by atoms with van der Waals surface area (Å²) in [4.78, 5) is 21.8. The van der Waals surface area contributed by atoms with Crippen molar-refractivity contribution < 1.29 is 32.0 Å². The van der Waals surface area contributed by atoms with Gasteiger partial charge in [0.15, 0.2) is 6.61 Å². The molecule has 138 valence electrons. The fourth-order valence-electron chi connectivity index (χ4n) is 1.92. The Labute approximate surface area is 148 Å². The quantitative estimate of drug-likeness (QED) is 0.464. The lowest BCUT2D eigenvalue weighted by Gasteiger charge is -2.12. The molecule has 6 nitrogen and oxygen atoms in total. The second-order valence-corrected chi connectivity index (χ2v) is 5.31. The minimum Gasteiger partial charge on any atom is -0.477 e. The fourth-order valence-corrected chi connectivity index (χ4v) is 2.14. The third kappa shape index (κ3) is 4.82. The average Bonchev–Trinajstić information content (AvgIpc) is 2.53. The first-order chi connectivity index (χ1) is 12.1. The molecule has 0 saturated carbocycles. The number of amides is 1. The standard InChI is InChI=1S/C15H9ClF4N2O4/c16-11-3-2-9(6-10(11)15(18,19)20)21-14(23)7-26-13-5-8(17)1-4-12(13)22(24)25/h1-6H,7H2,(H,21,23). The van der Waals surface area contributed by atoms with E-state index >= 15 is 0 Å². The number of anilines is 1. The van der Waals surface area contributed by atoms with Crippen molar-refractivity contribution in [1.82, 2.24) is 0 Å². The number of nitrogens with zero attached hydrogens (tertiary/aromatic N) is 1. The van der Waals surface area contributed by atoms with E-state index < -0.39 is 51.5 Å². The third-order valence-corrected chi connectivity index (χ3v) is 3.36. The molecular formula is C15H9ClF4N2O4. The number of hydrogen-bond donors (Lipinski definition) is 1. The van der Waals surface area contributed by atoms with Gasteiger partial charge in [-0.2, -0.15) is 13.2 Å². The third-order valence-electron chi connectivity index (χ3n) is 3.03. The molecule has 1 N–H and O–H groups in total. The number of rotatable bonds is 5. The molecule has 2 aromatic carbocycles. The molecule has 11 heteroatoms. The topological polar surface area (TPSA) is 81.5 Å². The van der Waals surface area contributed by atoms with Crippen LogP contribution in [0.4, 0.5) is 28.9 Å². The maximum absolute atomic E-state index is 13.2. The molecule has 0 saturated heterocycles. The first-order valence-electron chi connectivity index (χ1n) is 6.81. The van der Waals surface area contributed by atoms with Crippen molar-refractivity contribution in [1.29, 1.82) is 0 Å². The molecule has 0 radical (unpaired) electrons. The number of nitro benzene ring substituents is 1. The summed E-state index contributed by atoms with van der Waals surface area (Å²) in [6.45, 7) is -0.783. The molecule has 0 aromatic heterocycles. The highest BCUT2D eigenvalue weighted by Crippen LogP contribution is 2.36. The van der Waals surface area contributed by atoms with Gasteiger partial charge >= 0.3 is 11.9 Å². The molecule has 2 aromatic rings. The van der Waals surface area contributed by atoms with Gasteiger partial charge in [-0.25, -0.2) is 4.39 Å². The van der Waals surface area contributed by atoms with Crippen LogP contribution >= 0.6 is 11.6 Å². The molecular weight excluding hydrogens is 384 g/mol. The van der Waals surface area contributed by atoms with E-state index in [0.717, 1.165) is 30.3 Å².